The zero-order valence-corrected chi connectivity index (χ0v) is 8.01. The van der Waals surface area contributed by atoms with E-state index in [0.29, 0.717) is 13.0 Å². The average Bonchev–Trinajstić information content (AvgIpc) is 2.19. The van der Waals surface area contributed by atoms with Gasteiger partial charge in [0, 0.05) is 18.3 Å². The predicted molar refractivity (Wildman–Crippen MR) is 50.3 cm³/mol. The average molecular weight is 195 g/mol. The molecule has 0 aliphatic rings. The minimum atomic E-state index is -0.648. The number of hydrogen-bond donors (Lipinski definition) is 1. The summed E-state index contributed by atoms with van der Waals surface area (Å²) in [7, 11) is 0. The molecule has 1 aromatic heterocycles. The second-order valence-corrected chi connectivity index (χ2v) is 2.76. The third-order valence-electron chi connectivity index (χ3n) is 1.66. The summed E-state index contributed by atoms with van der Waals surface area (Å²) in [6.07, 6.45) is 3.41. The topological polar surface area (TPSA) is 78.1 Å². The Hall–Kier alpha value is -1.49. The zero-order valence-electron chi connectivity index (χ0n) is 8.01. The molecule has 5 heteroatoms. The predicted octanol–water partition coefficient (Wildman–Crippen LogP) is -0.0905. The number of nitrogens with zero attached hydrogens (tertiary/aromatic N) is 2. The Kier molecular flexibility index (Phi) is 4.00. The first-order chi connectivity index (χ1) is 6.74. The molecule has 5 nitrogen and oxygen atoms in total. The van der Waals surface area contributed by atoms with Gasteiger partial charge >= 0.3 is 5.97 Å². The molecule has 1 aromatic rings. The number of ether oxygens (including phenoxy) is 1. The highest BCUT2D eigenvalue weighted by molar-refractivity contribution is 5.75. The van der Waals surface area contributed by atoms with Crippen molar-refractivity contribution >= 4 is 5.97 Å². The first-order valence-corrected chi connectivity index (χ1v) is 4.41. The minimum Gasteiger partial charge on any atom is -0.465 e. The van der Waals surface area contributed by atoms with Crippen LogP contribution in [-0.2, 0) is 16.0 Å². The van der Waals surface area contributed by atoms with E-state index in [-0.39, 0.29) is 0 Å². The van der Waals surface area contributed by atoms with Gasteiger partial charge in [-0.25, -0.2) is 9.97 Å². The van der Waals surface area contributed by atoms with Crippen LogP contribution in [0.3, 0.4) is 0 Å². The van der Waals surface area contributed by atoms with Crippen molar-refractivity contribution in [3.05, 3.63) is 24.3 Å². The lowest BCUT2D eigenvalue weighted by Crippen LogP contribution is -2.34. The molecule has 0 aromatic carbocycles. The molecule has 0 aliphatic carbocycles. The first kappa shape index (κ1) is 10.6. The van der Waals surface area contributed by atoms with Gasteiger partial charge in [0.15, 0.2) is 0 Å². The number of carbonyl (C=O) groups excluding carboxylic acids is 1. The molecule has 0 aliphatic heterocycles. The van der Waals surface area contributed by atoms with Gasteiger partial charge in [0.05, 0.1) is 6.61 Å². The van der Waals surface area contributed by atoms with Gasteiger partial charge in [0.2, 0.25) is 0 Å². The van der Waals surface area contributed by atoms with Crippen molar-refractivity contribution in [2.75, 3.05) is 6.61 Å². The Morgan fingerprint density at radius 2 is 2.50 bits per heavy atom. The second kappa shape index (κ2) is 5.29. The molecule has 0 saturated carbocycles. The standard InChI is InChI=1S/C9H13N3O2/c1-2-14-9(13)8(10)5-7-3-4-11-6-12-7/h3-4,6,8H,2,5,10H2,1H3/t8-/m0/s1. The molecular formula is C9H13N3O2. The molecule has 1 rings (SSSR count). The Balaban J connectivity index is 2.49. The molecule has 0 radical (unpaired) electrons. The SMILES string of the molecule is CCOC(=O)[C@@H](N)Cc1ccncn1. The summed E-state index contributed by atoms with van der Waals surface area (Å²) in [5, 5.41) is 0. The van der Waals surface area contributed by atoms with Crippen molar-refractivity contribution in [3.63, 3.8) is 0 Å². The smallest absolute Gasteiger partial charge is 0.323 e. The van der Waals surface area contributed by atoms with Crippen LogP contribution in [0, 0.1) is 0 Å². The van der Waals surface area contributed by atoms with Gasteiger partial charge in [-0.15, -0.1) is 0 Å². The van der Waals surface area contributed by atoms with Crippen molar-refractivity contribution < 1.29 is 9.53 Å². The molecule has 0 spiro atoms. The van der Waals surface area contributed by atoms with Gasteiger partial charge in [-0.05, 0) is 13.0 Å². The number of aromatic nitrogens is 2. The third kappa shape index (κ3) is 3.10. The van der Waals surface area contributed by atoms with E-state index in [1.165, 1.54) is 6.33 Å². The van der Waals surface area contributed by atoms with Crippen molar-refractivity contribution in [1.82, 2.24) is 9.97 Å². The zero-order chi connectivity index (χ0) is 10.4. The third-order valence-corrected chi connectivity index (χ3v) is 1.66. The second-order valence-electron chi connectivity index (χ2n) is 2.76. The van der Waals surface area contributed by atoms with E-state index in [1.54, 1.807) is 19.2 Å². The van der Waals surface area contributed by atoms with E-state index in [9.17, 15) is 4.79 Å². The van der Waals surface area contributed by atoms with Crippen LogP contribution in [0.5, 0.6) is 0 Å². The highest BCUT2D eigenvalue weighted by atomic mass is 16.5. The lowest BCUT2D eigenvalue weighted by atomic mass is 10.1. The first-order valence-electron chi connectivity index (χ1n) is 4.41. The van der Waals surface area contributed by atoms with Crippen LogP contribution in [0.15, 0.2) is 18.6 Å². The van der Waals surface area contributed by atoms with E-state index >= 15 is 0 Å². The van der Waals surface area contributed by atoms with E-state index in [4.69, 9.17) is 10.5 Å². The van der Waals surface area contributed by atoms with Crippen LogP contribution < -0.4 is 5.73 Å². The highest BCUT2D eigenvalue weighted by Crippen LogP contribution is 1.97. The molecule has 0 unspecified atom stereocenters. The van der Waals surface area contributed by atoms with Gasteiger partial charge in [0.25, 0.3) is 0 Å². The Morgan fingerprint density at radius 1 is 1.71 bits per heavy atom. The van der Waals surface area contributed by atoms with Gasteiger partial charge < -0.3 is 10.5 Å². The maximum Gasteiger partial charge on any atom is 0.323 e. The monoisotopic (exact) mass is 195 g/mol. The number of carbonyl (C=O) groups is 1. The van der Waals surface area contributed by atoms with Crippen LogP contribution >= 0.6 is 0 Å². The van der Waals surface area contributed by atoms with E-state index in [2.05, 4.69) is 9.97 Å². The van der Waals surface area contributed by atoms with Crippen molar-refractivity contribution in [2.45, 2.75) is 19.4 Å². The molecule has 0 saturated heterocycles. The summed E-state index contributed by atoms with van der Waals surface area (Å²) in [6.45, 7) is 2.09. The minimum absolute atomic E-state index is 0.344. The van der Waals surface area contributed by atoms with Crippen LogP contribution in [0.4, 0.5) is 0 Å². The summed E-state index contributed by atoms with van der Waals surface area (Å²) in [5.74, 6) is -0.397. The van der Waals surface area contributed by atoms with Crippen molar-refractivity contribution in [2.24, 2.45) is 5.73 Å². The van der Waals surface area contributed by atoms with Gasteiger partial charge in [-0.3, -0.25) is 4.79 Å². The molecular weight excluding hydrogens is 182 g/mol. The van der Waals surface area contributed by atoms with E-state index in [0.717, 1.165) is 5.69 Å². The summed E-state index contributed by atoms with van der Waals surface area (Å²) in [6, 6.07) is 1.07. The number of rotatable bonds is 4. The van der Waals surface area contributed by atoms with E-state index in [1.807, 2.05) is 0 Å². The molecule has 0 bridgehead atoms. The van der Waals surface area contributed by atoms with Gasteiger partial charge in [-0.2, -0.15) is 0 Å². The summed E-state index contributed by atoms with van der Waals surface area (Å²) < 4.78 is 4.77. The Morgan fingerprint density at radius 3 is 3.07 bits per heavy atom. The van der Waals surface area contributed by atoms with Crippen molar-refractivity contribution in [1.29, 1.82) is 0 Å². The highest BCUT2D eigenvalue weighted by Gasteiger charge is 2.15. The quantitative estimate of drug-likeness (QED) is 0.679. The molecule has 76 valence electrons. The fourth-order valence-corrected chi connectivity index (χ4v) is 0.997. The summed E-state index contributed by atoms with van der Waals surface area (Å²) in [5.41, 5.74) is 6.34. The normalized spacial score (nSPS) is 12.1. The molecule has 14 heavy (non-hydrogen) atoms. The maximum atomic E-state index is 11.2. The van der Waals surface area contributed by atoms with Crippen LogP contribution in [0.2, 0.25) is 0 Å². The van der Waals surface area contributed by atoms with Gasteiger partial charge in [-0.1, -0.05) is 0 Å². The molecule has 0 amide bonds. The summed E-state index contributed by atoms with van der Waals surface area (Å²) in [4.78, 5) is 18.9. The van der Waals surface area contributed by atoms with E-state index < -0.39 is 12.0 Å². The van der Waals surface area contributed by atoms with Crippen LogP contribution in [0.1, 0.15) is 12.6 Å². The number of esters is 1. The van der Waals surface area contributed by atoms with Crippen LogP contribution in [-0.4, -0.2) is 28.6 Å². The lowest BCUT2D eigenvalue weighted by Gasteiger charge is -2.09. The fraction of sp³-hybridized carbons (Fsp3) is 0.444. The van der Waals surface area contributed by atoms with Crippen LogP contribution in [0.25, 0.3) is 0 Å². The largest absolute Gasteiger partial charge is 0.465 e. The van der Waals surface area contributed by atoms with Crippen molar-refractivity contribution in [3.8, 4) is 0 Å². The summed E-state index contributed by atoms with van der Waals surface area (Å²) >= 11 is 0. The lowest BCUT2D eigenvalue weighted by molar-refractivity contribution is -0.144. The molecule has 2 N–H and O–H groups in total. The molecule has 0 fully saturated rings. The fourth-order valence-electron chi connectivity index (χ4n) is 0.997. The number of nitrogens with two attached hydrogens (primary N) is 1. The Bertz CT molecular complexity index is 289. The van der Waals surface area contributed by atoms with Gasteiger partial charge in [0.1, 0.15) is 12.4 Å². The molecule has 1 heterocycles. The molecule has 1 atom stereocenters. The number of hydrogen-bond acceptors (Lipinski definition) is 5. The Labute approximate surface area is 82.3 Å². The maximum absolute atomic E-state index is 11.2.